The lowest BCUT2D eigenvalue weighted by molar-refractivity contribution is -0.133. The molecule has 7 nitrogen and oxygen atoms in total. The van der Waals surface area contributed by atoms with Gasteiger partial charge in [-0.3, -0.25) is 14.6 Å². The Kier molecular flexibility index (Phi) is 6.23. The van der Waals surface area contributed by atoms with E-state index in [9.17, 15) is 9.59 Å². The fourth-order valence-corrected chi connectivity index (χ4v) is 3.31. The van der Waals surface area contributed by atoms with Gasteiger partial charge in [-0.15, -0.1) is 0 Å². The molecule has 0 bridgehead atoms. The molecule has 1 aromatic heterocycles. The average molecular weight is 382 g/mol. The van der Waals surface area contributed by atoms with E-state index in [4.69, 9.17) is 4.74 Å². The van der Waals surface area contributed by atoms with E-state index in [0.717, 1.165) is 28.9 Å². The van der Waals surface area contributed by atoms with E-state index in [0.29, 0.717) is 31.9 Å². The van der Waals surface area contributed by atoms with Crippen LogP contribution in [0.4, 0.5) is 0 Å². The Morgan fingerprint density at radius 2 is 1.71 bits per heavy atom. The third-order valence-corrected chi connectivity index (χ3v) is 5.13. The molecular weight excluding hydrogens is 356 g/mol. The molecule has 2 heterocycles. The quantitative estimate of drug-likeness (QED) is 0.810. The molecule has 3 rings (SSSR count). The number of aromatic nitrogens is 2. The first-order chi connectivity index (χ1) is 13.5. The van der Waals surface area contributed by atoms with Gasteiger partial charge in [0.2, 0.25) is 0 Å². The van der Waals surface area contributed by atoms with Gasteiger partial charge in [0.1, 0.15) is 11.4 Å². The highest BCUT2D eigenvalue weighted by molar-refractivity contribution is 5.92. The van der Waals surface area contributed by atoms with Gasteiger partial charge in [0.15, 0.2) is 6.61 Å². The van der Waals surface area contributed by atoms with Crippen molar-refractivity contribution in [2.24, 2.45) is 0 Å². The van der Waals surface area contributed by atoms with Gasteiger partial charge >= 0.3 is 0 Å². The number of nitrogens with zero attached hydrogens (tertiary/aromatic N) is 4. The van der Waals surface area contributed by atoms with Gasteiger partial charge in [0.25, 0.3) is 11.8 Å². The number of ether oxygens (including phenoxy) is 1. The second-order valence-corrected chi connectivity index (χ2v) is 7.06. The molecule has 1 aliphatic rings. The Morgan fingerprint density at radius 1 is 1.00 bits per heavy atom. The van der Waals surface area contributed by atoms with Crippen LogP contribution in [0.25, 0.3) is 0 Å². The Bertz CT molecular complexity index is 854. The van der Waals surface area contributed by atoms with Crippen LogP contribution < -0.4 is 4.74 Å². The molecule has 1 saturated heterocycles. The van der Waals surface area contributed by atoms with Gasteiger partial charge in [0.05, 0.1) is 6.20 Å². The lowest BCUT2D eigenvalue weighted by Gasteiger charge is -2.22. The average Bonchev–Trinajstić information content (AvgIpc) is 2.97. The van der Waals surface area contributed by atoms with Crippen molar-refractivity contribution >= 4 is 11.8 Å². The van der Waals surface area contributed by atoms with Gasteiger partial charge in [-0.1, -0.05) is 12.1 Å². The zero-order valence-corrected chi connectivity index (χ0v) is 16.6. The van der Waals surface area contributed by atoms with Crippen LogP contribution in [0.1, 0.15) is 33.6 Å². The summed E-state index contributed by atoms with van der Waals surface area (Å²) in [7, 11) is 0. The minimum absolute atomic E-state index is 0.00321. The molecule has 28 heavy (non-hydrogen) atoms. The number of rotatable bonds is 4. The highest BCUT2D eigenvalue weighted by Crippen LogP contribution is 2.25. The summed E-state index contributed by atoms with van der Waals surface area (Å²) in [4.78, 5) is 36.7. The molecule has 1 aromatic carbocycles. The zero-order valence-electron chi connectivity index (χ0n) is 16.6. The summed E-state index contributed by atoms with van der Waals surface area (Å²) in [5.74, 6) is 0.571. The summed E-state index contributed by atoms with van der Waals surface area (Å²) in [6.07, 6.45) is 5.24. The first-order valence-corrected chi connectivity index (χ1v) is 9.50. The number of carbonyl (C=O) groups is 2. The van der Waals surface area contributed by atoms with Crippen molar-refractivity contribution in [3.05, 3.63) is 53.1 Å². The van der Waals surface area contributed by atoms with Gasteiger partial charge < -0.3 is 14.5 Å². The first kappa shape index (κ1) is 19.8. The number of aryl methyl sites for hydroxylation is 2. The molecule has 2 amide bonds. The van der Waals surface area contributed by atoms with E-state index >= 15 is 0 Å². The van der Waals surface area contributed by atoms with Crippen LogP contribution >= 0.6 is 0 Å². The van der Waals surface area contributed by atoms with Crippen molar-refractivity contribution in [1.82, 2.24) is 19.8 Å². The highest BCUT2D eigenvalue weighted by Gasteiger charge is 2.24. The molecular formula is C21H26N4O3. The Labute approximate surface area is 165 Å². The van der Waals surface area contributed by atoms with E-state index < -0.39 is 0 Å². The lowest BCUT2D eigenvalue weighted by Crippen LogP contribution is -2.39. The summed E-state index contributed by atoms with van der Waals surface area (Å²) in [5.41, 5.74) is 3.55. The Hall–Kier alpha value is -2.96. The predicted octanol–water partition coefficient (Wildman–Crippen LogP) is 2.16. The number of hydrogen-bond acceptors (Lipinski definition) is 5. The normalized spacial score (nSPS) is 14.5. The Balaban J connectivity index is 1.58. The van der Waals surface area contributed by atoms with Crippen LogP contribution in [0, 0.1) is 20.8 Å². The zero-order chi connectivity index (χ0) is 20.1. The van der Waals surface area contributed by atoms with Crippen LogP contribution in [0.5, 0.6) is 5.75 Å². The van der Waals surface area contributed by atoms with Crippen LogP contribution in [-0.4, -0.2) is 64.4 Å². The van der Waals surface area contributed by atoms with E-state index in [1.165, 1.54) is 18.6 Å². The van der Waals surface area contributed by atoms with Gasteiger partial charge in [-0.05, 0) is 43.9 Å². The smallest absolute Gasteiger partial charge is 0.274 e. The summed E-state index contributed by atoms with van der Waals surface area (Å²) in [5, 5.41) is 0. The standard InChI is InChI=1S/C21H26N4O3/c1-15-5-6-16(2)20(17(15)3)28-14-19(26)24-9-4-10-25(12-11-24)21(27)18-13-22-7-8-23-18/h5-8,13H,4,9-12,14H2,1-3H3. The molecule has 0 radical (unpaired) electrons. The van der Waals surface area contributed by atoms with Crippen molar-refractivity contribution in [1.29, 1.82) is 0 Å². The number of hydrogen-bond donors (Lipinski definition) is 0. The summed E-state index contributed by atoms with van der Waals surface area (Å²) in [6.45, 7) is 8.18. The minimum atomic E-state index is -0.148. The van der Waals surface area contributed by atoms with Crippen LogP contribution in [0.15, 0.2) is 30.7 Å². The molecule has 2 aromatic rings. The van der Waals surface area contributed by atoms with Crippen molar-refractivity contribution in [3.63, 3.8) is 0 Å². The maximum Gasteiger partial charge on any atom is 0.274 e. The van der Waals surface area contributed by atoms with Crippen LogP contribution in [-0.2, 0) is 4.79 Å². The van der Waals surface area contributed by atoms with Crippen LogP contribution in [0.3, 0.4) is 0 Å². The summed E-state index contributed by atoms with van der Waals surface area (Å²) in [6, 6.07) is 4.06. The largest absolute Gasteiger partial charge is 0.483 e. The van der Waals surface area contributed by atoms with Gasteiger partial charge in [0, 0.05) is 38.6 Å². The first-order valence-electron chi connectivity index (χ1n) is 9.50. The summed E-state index contributed by atoms with van der Waals surface area (Å²) < 4.78 is 5.86. The predicted molar refractivity (Wildman–Crippen MR) is 105 cm³/mol. The fraction of sp³-hybridized carbons (Fsp3) is 0.429. The van der Waals surface area contributed by atoms with E-state index in [2.05, 4.69) is 16.0 Å². The number of benzene rings is 1. The fourth-order valence-electron chi connectivity index (χ4n) is 3.31. The van der Waals surface area contributed by atoms with Crippen molar-refractivity contribution < 1.29 is 14.3 Å². The van der Waals surface area contributed by atoms with Gasteiger partial charge in [-0.2, -0.15) is 0 Å². The molecule has 0 unspecified atom stereocenters. The second-order valence-electron chi connectivity index (χ2n) is 7.06. The third-order valence-electron chi connectivity index (χ3n) is 5.13. The maximum atomic E-state index is 12.7. The van der Waals surface area contributed by atoms with Crippen molar-refractivity contribution in [2.45, 2.75) is 27.2 Å². The number of amides is 2. The lowest BCUT2D eigenvalue weighted by atomic mass is 10.1. The maximum absolute atomic E-state index is 12.7. The molecule has 0 saturated carbocycles. The van der Waals surface area contributed by atoms with E-state index in [-0.39, 0.29) is 18.4 Å². The SMILES string of the molecule is Cc1ccc(C)c(OCC(=O)N2CCCN(C(=O)c3cnccn3)CC2)c1C. The summed E-state index contributed by atoms with van der Waals surface area (Å²) >= 11 is 0. The topological polar surface area (TPSA) is 75.6 Å². The van der Waals surface area contributed by atoms with Gasteiger partial charge in [-0.25, -0.2) is 4.98 Å². The third kappa shape index (κ3) is 4.47. The monoisotopic (exact) mass is 382 g/mol. The van der Waals surface area contributed by atoms with Crippen LogP contribution in [0.2, 0.25) is 0 Å². The minimum Gasteiger partial charge on any atom is -0.483 e. The molecule has 0 N–H and O–H groups in total. The highest BCUT2D eigenvalue weighted by atomic mass is 16.5. The molecule has 0 aliphatic carbocycles. The molecule has 0 spiro atoms. The Morgan fingerprint density at radius 3 is 2.46 bits per heavy atom. The van der Waals surface area contributed by atoms with E-state index in [1.54, 1.807) is 9.80 Å². The molecule has 7 heteroatoms. The number of carbonyl (C=O) groups excluding carboxylic acids is 2. The van der Waals surface area contributed by atoms with E-state index in [1.807, 2.05) is 26.8 Å². The molecule has 148 valence electrons. The van der Waals surface area contributed by atoms with Crippen molar-refractivity contribution in [2.75, 3.05) is 32.8 Å². The molecule has 1 fully saturated rings. The molecule has 1 aliphatic heterocycles. The molecule has 0 atom stereocenters. The second kappa shape index (κ2) is 8.82. The van der Waals surface area contributed by atoms with Crippen molar-refractivity contribution in [3.8, 4) is 5.75 Å².